The van der Waals surface area contributed by atoms with Gasteiger partial charge < -0.3 is 20.7 Å². The molecule has 2 aromatic carbocycles. The maximum absolute atomic E-state index is 9.26. The van der Waals surface area contributed by atoms with Crippen LogP contribution in [0.15, 0.2) is 54.6 Å². The van der Waals surface area contributed by atoms with Gasteiger partial charge in [0.05, 0.1) is 33.4 Å². The molecule has 29 heavy (non-hydrogen) atoms. The van der Waals surface area contributed by atoms with E-state index in [9.17, 15) is 10.2 Å². The largest absolute Gasteiger partial charge is 0.494 e. The number of aryl methyl sites for hydroxylation is 1. The smallest absolute Gasteiger partial charge is 0.119 e. The highest BCUT2D eigenvalue weighted by molar-refractivity contribution is 6.89. The molecule has 0 saturated carbocycles. The van der Waals surface area contributed by atoms with Crippen molar-refractivity contribution in [3.63, 3.8) is 0 Å². The zero-order valence-electron chi connectivity index (χ0n) is 17.6. The minimum Gasteiger partial charge on any atom is -0.494 e. The number of halogens is 1. The molecule has 0 saturated heterocycles. The number of unbranched alkanes of at least 4 members (excludes halogenated alkanes) is 1. The second kappa shape index (κ2) is 12.4. The van der Waals surface area contributed by atoms with E-state index in [0.29, 0.717) is 6.42 Å². The van der Waals surface area contributed by atoms with Crippen molar-refractivity contribution in [1.82, 2.24) is 0 Å². The molecule has 0 bridgehead atoms. The molecule has 0 atom stereocenters. The van der Waals surface area contributed by atoms with Crippen molar-refractivity contribution < 1.29 is 14.9 Å². The van der Waals surface area contributed by atoms with E-state index in [2.05, 4.69) is 43.4 Å². The molecule has 2 rings (SSSR count). The van der Waals surface area contributed by atoms with Crippen molar-refractivity contribution in [2.24, 2.45) is 5.73 Å². The van der Waals surface area contributed by atoms with E-state index in [1.165, 1.54) is 17.7 Å². The van der Waals surface area contributed by atoms with Crippen LogP contribution < -0.4 is 15.7 Å². The fourth-order valence-electron chi connectivity index (χ4n) is 3.25. The molecule has 2 aromatic rings. The average Bonchev–Trinajstić information content (AvgIpc) is 2.73. The molecule has 0 spiro atoms. The number of hydrogen-bond acceptors (Lipinski definition) is 4. The molecule has 0 aliphatic rings. The summed E-state index contributed by atoms with van der Waals surface area (Å²) in [6.07, 6.45) is 3.51. The second-order valence-corrected chi connectivity index (χ2v) is 13.2. The van der Waals surface area contributed by atoms with Gasteiger partial charge in [0.25, 0.3) is 0 Å². The Bertz CT molecular complexity index is 691. The lowest BCUT2D eigenvalue weighted by molar-refractivity contribution is 0.115. The van der Waals surface area contributed by atoms with Gasteiger partial charge in [0.1, 0.15) is 5.75 Å². The first-order valence-electron chi connectivity index (χ1n) is 10.2. The minimum absolute atomic E-state index is 0. The van der Waals surface area contributed by atoms with Crippen molar-refractivity contribution in [3.05, 3.63) is 60.2 Å². The lowest BCUT2D eigenvalue weighted by atomic mass is 9.94. The van der Waals surface area contributed by atoms with E-state index in [1.807, 2.05) is 24.3 Å². The fourth-order valence-corrected chi connectivity index (χ4v) is 5.76. The van der Waals surface area contributed by atoms with Crippen molar-refractivity contribution in [3.8, 4) is 5.75 Å². The van der Waals surface area contributed by atoms with E-state index in [-0.39, 0.29) is 25.6 Å². The van der Waals surface area contributed by atoms with E-state index < -0.39 is 13.6 Å². The number of aliphatic hydroxyl groups excluding tert-OH is 2. The molecule has 4 nitrogen and oxygen atoms in total. The van der Waals surface area contributed by atoms with Gasteiger partial charge in [-0.3, -0.25) is 0 Å². The molecular formula is C23H36ClNO3Si. The molecule has 4 N–H and O–H groups in total. The summed E-state index contributed by atoms with van der Waals surface area (Å²) in [5.41, 5.74) is 6.13. The van der Waals surface area contributed by atoms with Gasteiger partial charge in [-0.15, -0.1) is 12.4 Å². The van der Waals surface area contributed by atoms with Crippen LogP contribution in [-0.2, 0) is 6.42 Å². The summed E-state index contributed by atoms with van der Waals surface area (Å²) in [6.45, 7) is 5.18. The normalized spacial score (nSPS) is 11.8. The second-order valence-electron chi connectivity index (χ2n) is 8.38. The zero-order chi connectivity index (χ0) is 20.5. The van der Waals surface area contributed by atoms with Crippen molar-refractivity contribution in [2.75, 3.05) is 19.8 Å². The van der Waals surface area contributed by atoms with Crippen molar-refractivity contribution in [1.29, 1.82) is 0 Å². The zero-order valence-corrected chi connectivity index (χ0v) is 19.5. The van der Waals surface area contributed by atoms with Crippen LogP contribution in [0.1, 0.15) is 24.8 Å². The van der Waals surface area contributed by atoms with Crippen molar-refractivity contribution >= 4 is 25.7 Å². The van der Waals surface area contributed by atoms with Crippen LogP contribution in [0, 0.1) is 0 Å². The third kappa shape index (κ3) is 8.48. The Hall–Kier alpha value is -1.37. The van der Waals surface area contributed by atoms with Gasteiger partial charge in [0.2, 0.25) is 0 Å². The SMILES string of the molecule is C[Si](C)(CCCCOc1ccc(CCC(N)(CO)CO)cc1)c1ccccc1.Cl. The average molecular weight is 438 g/mol. The standard InChI is InChI=1S/C23H35NO3Si.ClH/c1-28(2,22-8-4-3-5-9-22)17-7-6-16-27-21-12-10-20(11-13-21)14-15-23(24,18-25)19-26;/h3-5,8-13,25-26H,6-7,14-19,24H2,1-2H3;1H. The minimum atomic E-state index is -1.35. The van der Waals surface area contributed by atoms with Gasteiger partial charge in [-0.05, 0) is 37.0 Å². The Morgan fingerprint density at radius 3 is 2.14 bits per heavy atom. The quantitative estimate of drug-likeness (QED) is 0.351. The summed E-state index contributed by atoms with van der Waals surface area (Å²) in [4.78, 5) is 0. The highest BCUT2D eigenvalue weighted by Gasteiger charge is 2.23. The van der Waals surface area contributed by atoms with Crippen LogP contribution in [0.4, 0.5) is 0 Å². The van der Waals surface area contributed by atoms with Gasteiger partial charge >= 0.3 is 0 Å². The fraction of sp³-hybridized carbons (Fsp3) is 0.478. The lowest BCUT2D eigenvalue weighted by Crippen LogP contribution is -2.47. The summed E-state index contributed by atoms with van der Waals surface area (Å²) in [5.74, 6) is 0.881. The van der Waals surface area contributed by atoms with Crippen LogP contribution in [-0.4, -0.2) is 43.6 Å². The molecule has 0 heterocycles. The molecular weight excluding hydrogens is 402 g/mol. The first-order valence-corrected chi connectivity index (χ1v) is 13.4. The first-order chi connectivity index (χ1) is 13.4. The number of ether oxygens (including phenoxy) is 1. The van der Waals surface area contributed by atoms with Crippen LogP contribution >= 0.6 is 12.4 Å². The summed E-state index contributed by atoms with van der Waals surface area (Å²) in [7, 11) is -1.35. The molecule has 162 valence electrons. The Kier molecular flexibility index (Phi) is 10.9. The van der Waals surface area contributed by atoms with Gasteiger partial charge in [-0.2, -0.15) is 0 Å². The molecule has 0 aromatic heterocycles. The predicted octanol–water partition coefficient (Wildman–Crippen LogP) is 3.50. The van der Waals surface area contributed by atoms with Gasteiger partial charge in [0, 0.05) is 0 Å². The Morgan fingerprint density at radius 1 is 0.931 bits per heavy atom. The topological polar surface area (TPSA) is 75.7 Å². The van der Waals surface area contributed by atoms with E-state index in [0.717, 1.165) is 30.8 Å². The molecule has 0 aliphatic heterocycles. The molecule has 6 heteroatoms. The maximum atomic E-state index is 9.26. The lowest BCUT2D eigenvalue weighted by Gasteiger charge is -2.24. The van der Waals surface area contributed by atoms with Crippen LogP contribution in [0.3, 0.4) is 0 Å². The Balaban J connectivity index is 0.00000420. The predicted molar refractivity (Wildman–Crippen MR) is 126 cm³/mol. The van der Waals surface area contributed by atoms with Crippen LogP contribution in [0.25, 0.3) is 0 Å². The summed E-state index contributed by atoms with van der Waals surface area (Å²) in [6, 6.07) is 20.2. The Labute approximate surface area is 182 Å². The van der Waals surface area contributed by atoms with Crippen LogP contribution in [0.2, 0.25) is 19.1 Å². The maximum Gasteiger partial charge on any atom is 0.119 e. The molecule has 0 aliphatic carbocycles. The first kappa shape index (κ1) is 25.7. The van der Waals surface area contributed by atoms with Gasteiger partial charge in [-0.25, -0.2) is 0 Å². The number of benzene rings is 2. The molecule has 0 unspecified atom stereocenters. The third-order valence-electron chi connectivity index (χ3n) is 5.48. The molecule has 0 radical (unpaired) electrons. The summed E-state index contributed by atoms with van der Waals surface area (Å²) in [5, 5.41) is 20.0. The highest BCUT2D eigenvalue weighted by Crippen LogP contribution is 2.18. The monoisotopic (exact) mass is 437 g/mol. The molecule has 0 amide bonds. The van der Waals surface area contributed by atoms with E-state index in [1.54, 1.807) is 0 Å². The molecule has 0 fully saturated rings. The number of rotatable bonds is 12. The van der Waals surface area contributed by atoms with Crippen molar-refractivity contribution in [2.45, 2.75) is 50.4 Å². The van der Waals surface area contributed by atoms with E-state index in [4.69, 9.17) is 10.5 Å². The number of aliphatic hydroxyl groups is 2. The van der Waals surface area contributed by atoms with Crippen LogP contribution in [0.5, 0.6) is 5.75 Å². The van der Waals surface area contributed by atoms with E-state index >= 15 is 0 Å². The number of hydrogen-bond donors (Lipinski definition) is 3. The number of nitrogens with two attached hydrogens (primary N) is 1. The Morgan fingerprint density at radius 2 is 1.55 bits per heavy atom. The van der Waals surface area contributed by atoms with Gasteiger partial charge in [0.15, 0.2) is 0 Å². The summed E-state index contributed by atoms with van der Waals surface area (Å²) < 4.78 is 5.88. The summed E-state index contributed by atoms with van der Waals surface area (Å²) >= 11 is 0. The third-order valence-corrected chi connectivity index (χ3v) is 8.98. The highest BCUT2D eigenvalue weighted by atomic mass is 35.5. The van der Waals surface area contributed by atoms with Gasteiger partial charge in [-0.1, -0.05) is 73.2 Å².